The third-order valence-electron chi connectivity index (χ3n) is 3.09. The van der Waals surface area contributed by atoms with Crippen molar-refractivity contribution in [3.05, 3.63) is 0 Å². The molecule has 5 heteroatoms. The van der Waals surface area contributed by atoms with Gasteiger partial charge in [-0.3, -0.25) is 4.99 Å². The van der Waals surface area contributed by atoms with Gasteiger partial charge >= 0.3 is 0 Å². The van der Waals surface area contributed by atoms with E-state index in [0.717, 1.165) is 39.0 Å². The zero-order valence-corrected chi connectivity index (χ0v) is 15.4. The summed E-state index contributed by atoms with van der Waals surface area (Å²) in [6, 6.07) is 0. The summed E-state index contributed by atoms with van der Waals surface area (Å²) in [7, 11) is 0. The summed E-state index contributed by atoms with van der Waals surface area (Å²) in [5.41, 5.74) is 5.78. The number of rotatable bonds is 10. The van der Waals surface area contributed by atoms with Crippen molar-refractivity contribution in [3.63, 3.8) is 0 Å². The Morgan fingerprint density at radius 2 is 1.84 bits per heavy atom. The standard InChI is InChI=1S/C14H32N4.HI/c1-5-18(6-2)12-8-7-10-16-14(15)17-11-9-13(3)4;/h13H,5-12H2,1-4H3,(H3,15,16,17);1H. The van der Waals surface area contributed by atoms with Crippen LogP contribution in [0.5, 0.6) is 0 Å². The largest absolute Gasteiger partial charge is 0.370 e. The van der Waals surface area contributed by atoms with E-state index in [9.17, 15) is 0 Å². The fraction of sp³-hybridized carbons (Fsp3) is 0.929. The lowest BCUT2D eigenvalue weighted by Gasteiger charge is -2.17. The summed E-state index contributed by atoms with van der Waals surface area (Å²) >= 11 is 0. The lowest BCUT2D eigenvalue weighted by atomic mass is 10.1. The highest BCUT2D eigenvalue weighted by Gasteiger charge is 1.98. The van der Waals surface area contributed by atoms with Gasteiger partial charge in [0.15, 0.2) is 5.96 Å². The first-order valence-corrected chi connectivity index (χ1v) is 7.36. The highest BCUT2D eigenvalue weighted by molar-refractivity contribution is 14.0. The van der Waals surface area contributed by atoms with E-state index in [0.29, 0.717) is 11.9 Å². The second-order valence-corrected chi connectivity index (χ2v) is 5.11. The average molecular weight is 384 g/mol. The molecule has 0 radical (unpaired) electrons. The molecule has 0 aromatic carbocycles. The summed E-state index contributed by atoms with van der Waals surface area (Å²) in [6.45, 7) is 14.0. The molecule has 0 aromatic heterocycles. The van der Waals surface area contributed by atoms with Gasteiger partial charge in [-0.1, -0.05) is 27.7 Å². The maximum absolute atomic E-state index is 5.78. The van der Waals surface area contributed by atoms with Crippen LogP contribution in [0.1, 0.15) is 47.0 Å². The number of hydrogen-bond donors (Lipinski definition) is 2. The number of aliphatic imine (C=N–C) groups is 1. The number of hydrogen-bond acceptors (Lipinski definition) is 2. The van der Waals surface area contributed by atoms with Crippen LogP contribution in [0.3, 0.4) is 0 Å². The summed E-state index contributed by atoms with van der Waals surface area (Å²) in [5.74, 6) is 1.30. The molecule has 0 saturated carbocycles. The van der Waals surface area contributed by atoms with Crippen LogP contribution in [0.4, 0.5) is 0 Å². The van der Waals surface area contributed by atoms with Gasteiger partial charge in [0.25, 0.3) is 0 Å². The predicted octanol–water partition coefficient (Wildman–Crippen LogP) is 2.68. The van der Waals surface area contributed by atoms with Gasteiger partial charge in [-0.05, 0) is 44.8 Å². The molecule has 116 valence electrons. The van der Waals surface area contributed by atoms with Crippen molar-refractivity contribution >= 4 is 29.9 Å². The Morgan fingerprint density at radius 1 is 1.21 bits per heavy atom. The summed E-state index contributed by atoms with van der Waals surface area (Å²) in [4.78, 5) is 6.77. The van der Waals surface area contributed by atoms with Crippen molar-refractivity contribution in [2.24, 2.45) is 16.6 Å². The van der Waals surface area contributed by atoms with Crippen LogP contribution in [-0.2, 0) is 0 Å². The molecule has 19 heavy (non-hydrogen) atoms. The molecular formula is C14H33IN4. The van der Waals surface area contributed by atoms with Crippen LogP contribution >= 0.6 is 24.0 Å². The molecule has 4 nitrogen and oxygen atoms in total. The lowest BCUT2D eigenvalue weighted by Crippen LogP contribution is -2.33. The van der Waals surface area contributed by atoms with E-state index < -0.39 is 0 Å². The maximum atomic E-state index is 5.78. The molecule has 0 fully saturated rings. The van der Waals surface area contributed by atoms with Gasteiger partial charge in [-0.2, -0.15) is 0 Å². The second-order valence-electron chi connectivity index (χ2n) is 5.11. The van der Waals surface area contributed by atoms with Crippen LogP contribution in [0.15, 0.2) is 4.99 Å². The van der Waals surface area contributed by atoms with Crippen molar-refractivity contribution in [1.82, 2.24) is 10.2 Å². The van der Waals surface area contributed by atoms with Gasteiger partial charge < -0.3 is 16.0 Å². The van der Waals surface area contributed by atoms with Gasteiger partial charge in [0.2, 0.25) is 0 Å². The summed E-state index contributed by atoms with van der Waals surface area (Å²) in [6.07, 6.45) is 3.45. The van der Waals surface area contributed by atoms with E-state index in [1.807, 2.05) is 0 Å². The summed E-state index contributed by atoms with van der Waals surface area (Å²) in [5, 5.41) is 3.15. The fourth-order valence-electron chi connectivity index (χ4n) is 1.73. The number of nitrogens with one attached hydrogen (secondary N) is 1. The second kappa shape index (κ2) is 14.4. The lowest BCUT2D eigenvalue weighted by molar-refractivity contribution is 0.297. The zero-order valence-electron chi connectivity index (χ0n) is 13.1. The first kappa shape index (κ1) is 21.3. The third-order valence-corrected chi connectivity index (χ3v) is 3.09. The minimum atomic E-state index is 0. The van der Waals surface area contributed by atoms with Crippen molar-refractivity contribution in [1.29, 1.82) is 0 Å². The molecule has 0 spiro atoms. The Hall–Kier alpha value is -0.0400. The number of nitrogens with zero attached hydrogens (tertiary/aromatic N) is 2. The minimum Gasteiger partial charge on any atom is -0.370 e. The average Bonchev–Trinajstić information content (AvgIpc) is 2.33. The fourth-order valence-corrected chi connectivity index (χ4v) is 1.73. The van der Waals surface area contributed by atoms with E-state index in [-0.39, 0.29) is 24.0 Å². The Morgan fingerprint density at radius 3 is 2.37 bits per heavy atom. The Bertz CT molecular complexity index is 215. The zero-order chi connectivity index (χ0) is 13.8. The third kappa shape index (κ3) is 14.2. The molecule has 0 aliphatic carbocycles. The molecule has 0 rings (SSSR count). The molecule has 0 aliphatic heterocycles. The summed E-state index contributed by atoms with van der Waals surface area (Å²) < 4.78 is 0. The Kier molecular flexibility index (Phi) is 16.1. The van der Waals surface area contributed by atoms with Gasteiger partial charge in [0, 0.05) is 13.1 Å². The molecule has 0 amide bonds. The topological polar surface area (TPSA) is 53.6 Å². The highest BCUT2D eigenvalue weighted by atomic mass is 127. The molecule has 3 N–H and O–H groups in total. The van der Waals surface area contributed by atoms with E-state index in [1.165, 1.54) is 13.0 Å². The first-order valence-electron chi connectivity index (χ1n) is 7.36. The molecule has 0 heterocycles. The molecule has 0 aliphatic rings. The van der Waals surface area contributed by atoms with Gasteiger partial charge in [0.05, 0.1) is 0 Å². The number of unbranched alkanes of at least 4 members (excludes halogenated alkanes) is 1. The highest BCUT2D eigenvalue weighted by Crippen LogP contribution is 1.97. The molecule has 0 aromatic rings. The van der Waals surface area contributed by atoms with Crippen molar-refractivity contribution in [3.8, 4) is 0 Å². The number of guanidine groups is 1. The van der Waals surface area contributed by atoms with Crippen LogP contribution in [0, 0.1) is 5.92 Å². The molecule has 0 atom stereocenters. The van der Waals surface area contributed by atoms with Crippen LogP contribution < -0.4 is 11.1 Å². The normalized spacial score (nSPS) is 11.8. The van der Waals surface area contributed by atoms with Crippen LogP contribution in [0.2, 0.25) is 0 Å². The quantitative estimate of drug-likeness (QED) is 0.264. The van der Waals surface area contributed by atoms with Crippen molar-refractivity contribution < 1.29 is 0 Å². The Balaban J connectivity index is 0. The van der Waals surface area contributed by atoms with Crippen molar-refractivity contribution in [2.75, 3.05) is 32.7 Å². The van der Waals surface area contributed by atoms with E-state index in [1.54, 1.807) is 0 Å². The maximum Gasteiger partial charge on any atom is 0.188 e. The monoisotopic (exact) mass is 384 g/mol. The van der Waals surface area contributed by atoms with Gasteiger partial charge in [-0.15, -0.1) is 24.0 Å². The van der Waals surface area contributed by atoms with Crippen LogP contribution in [-0.4, -0.2) is 43.6 Å². The molecule has 0 bridgehead atoms. The van der Waals surface area contributed by atoms with E-state index in [2.05, 4.69) is 42.9 Å². The SMILES string of the molecule is CCN(CC)CCCCN=C(N)NCCC(C)C.I. The minimum absolute atomic E-state index is 0. The van der Waals surface area contributed by atoms with Gasteiger partial charge in [-0.25, -0.2) is 0 Å². The van der Waals surface area contributed by atoms with E-state index in [4.69, 9.17) is 5.73 Å². The van der Waals surface area contributed by atoms with E-state index >= 15 is 0 Å². The van der Waals surface area contributed by atoms with Crippen LogP contribution in [0.25, 0.3) is 0 Å². The predicted molar refractivity (Wildman–Crippen MR) is 96.4 cm³/mol. The van der Waals surface area contributed by atoms with Crippen molar-refractivity contribution in [2.45, 2.75) is 47.0 Å². The first-order chi connectivity index (χ1) is 8.60. The Labute approximate surface area is 136 Å². The molecule has 0 saturated heterocycles. The van der Waals surface area contributed by atoms with Gasteiger partial charge in [0.1, 0.15) is 0 Å². The number of nitrogens with two attached hydrogens (primary N) is 1. The smallest absolute Gasteiger partial charge is 0.188 e. The molecular weight excluding hydrogens is 351 g/mol. The molecule has 0 unspecified atom stereocenters. The number of halogens is 1.